The van der Waals surface area contributed by atoms with Gasteiger partial charge in [-0.2, -0.15) is 0 Å². The van der Waals surface area contributed by atoms with Crippen LogP contribution in [0.1, 0.15) is 21.6 Å². The summed E-state index contributed by atoms with van der Waals surface area (Å²) >= 11 is 0. The smallest absolute Gasteiger partial charge is 0.406 e. The van der Waals surface area contributed by atoms with Gasteiger partial charge in [-0.1, -0.05) is 12.1 Å². The van der Waals surface area contributed by atoms with Gasteiger partial charge in [-0.05, 0) is 29.8 Å². The highest BCUT2D eigenvalue weighted by Crippen LogP contribution is 2.26. The number of benzene rings is 1. The van der Waals surface area contributed by atoms with Gasteiger partial charge in [-0.25, -0.2) is 0 Å². The van der Waals surface area contributed by atoms with E-state index in [2.05, 4.69) is 9.72 Å². The van der Waals surface area contributed by atoms with Crippen LogP contribution in [0.5, 0.6) is 5.75 Å². The Morgan fingerprint density at radius 2 is 2.00 bits per heavy atom. The molecular formula is C15H11F3N2O2. The van der Waals surface area contributed by atoms with Crippen molar-refractivity contribution in [1.29, 1.82) is 0 Å². The summed E-state index contributed by atoms with van der Waals surface area (Å²) in [5.41, 5.74) is 1.90. The number of carbonyl (C=O) groups is 1. The fraction of sp³-hybridized carbons (Fsp3) is 0.200. The summed E-state index contributed by atoms with van der Waals surface area (Å²) in [6.07, 6.45) is -3.14. The van der Waals surface area contributed by atoms with Crippen molar-refractivity contribution in [2.75, 3.05) is 0 Å². The molecular weight excluding hydrogens is 297 g/mol. The maximum atomic E-state index is 12.4. The van der Waals surface area contributed by atoms with Crippen LogP contribution in [0.2, 0.25) is 0 Å². The number of ether oxygens (including phenoxy) is 1. The molecule has 0 saturated heterocycles. The lowest BCUT2D eigenvalue weighted by molar-refractivity contribution is -0.274. The van der Waals surface area contributed by atoms with Gasteiger partial charge < -0.3 is 9.64 Å². The average molecular weight is 308 g/mol. The summed E-state index contributed by atoms with van der Waals surface area (Å²) in [5.74, 6) is -0.765. The Balaban J connectivity index is 1.78. The molecule has 0 bridgehead atoms. The largest absolute Gasteiger partial charge is 0.573 e. The Bertz CT molecular complexity index is 691. The molecule has 0 N–H and O–H groups in total. The van der Waals surface area contributed by atoms with Crippen molar-refractivity contribution in [3.8, 4) is 5.75 Å². The molecule has 1 aliphatic heterocycles. The van der Waals surface area contributed by atoms with Gasteiger partial charge in [0, 0.05) is 18.3 Å². The van der Waals surface area contributed by atoms with Crippen LogP contribution in [-0.2, 0) is 13.1 Å². The first kappa shape index (κ1) is 14.4. The molecule has 0 fully saturated rings. The Hall–Kier alpha value is -2.57. The van der Waals surface area contributed by atoms with Gasteiger partial charge in [0.2, 0.25) is 0 Å². The maximum absolute atomic E-state index is 12.4. The molecule has 0 saturated carbocycles. The number of halogens is 3. The monoisotopic (exact) mass is 308 g/mol. The Morgan fingerprint density at radius 3 is 2.73 bits per heavy atom. The molecule has 1 aromatic carbocycles. The summed E-state index contributed by atoms with van der Waals surface area (Å²) in [4.78, 5) is 18.1. The number of aromatic nitrogens is 1. The van der Waals surface area contributed by atoms with Crippen LogP contribution in [0.3, 0.4) is 0 Å². The molecule has 114 valence electrons. The number of hydrogen-bond donors (Lipinski definition) is 0. The number of pyridine rings is 1. The third-order valence-electron chi connectivity index (χ3n) is 3.29. The quantitative estimate of drug-likeness (QED) is 0.856. The fourth-order valence-corrected chi connectivity index (χ4v) is 2.35. The normalized spacial score (nSPS) is 13.9. The first-order chi connectivity index (χ1) is 10.4. The molecule has 2 aromatic rings. The van der Waals surface area contributed by atoms with E-state index in [1.54, 1.807) is 12.3 Å². The van der Waals surface area contributed by atoms with Crippen LogP contribution in [0.25, 0.3) is 0 Å². The molecule has 0 spiro atoms. The zero-order chi connectivity index (χ0) is 15.7. The van der Waals surface area contributed by atoms with Gasteiger partial charge >= 0.3 is 6.36 Å². The van der Waals surface area contributed by atoms with Crippen LogP contribution in [-0.4, -0.2) is 22.2 Å². The predicted molar refractivity (Wildman–Crippen MR) is 70.9 cm³/mol. The number of rotatable bonds is 2. The van der Waals surface area contributed by atoms with Gasteiger partial charge in [0.25, 0.3) is 5.91 Å². The van der Waals surface area contributed by atoms with Crippen LogP contribution >= 0.6 is 0 Å². The molecule has 4 nitrogen and oxygen atoms in total. The first-order valence-corrected chi connectivity index (χ1v) is 6.50. The van der Waals surface area contributed by atoms with E-state index in [0.29, 0.717) is 13.1 Å². The van der Waals surface area contributed by atoms with Gasteiger partial charge in [-0.3, -0.25) is 9.78 Å². The van der Waals surface area contributed by atoms with E-state index < -0.39 is 12.1 Å². The number of carbonyl (C=O) groups excluding carboxylic acids is 1. The molecule has 0 unspecified atom stereocenters. The minimum Gasteiger partial charge on any atom is -0.406 e. The van der Waals surface area contributed by atoms with Crippen LogP contribution in [0.4, 0.5) is 13.2 Å². The highest BCUT2D eigenvalue weighted by molar-refractivity contribution is 5.94. The molecule has 0 aliphatic carbocycles. The molecule has 3 rings (SSSR count). The lowest BCUT2D eigenvalue weighted by Gasteiger charge is -2.16. The average Bonchev–Trinajstić information content (AvgIpc) is 2.88. The summed E-state index contributed by atoms with van der Waals surface area (Å²) in [5, 5.41) is 0. The second-order valence-electron chi connectivity index (χ2n) is 4.85. The van der Waals surface area contributed by atoms with Crippen molar-refractivity contribution in [1.82, 2.24) is 9.88 Å². The molecule has 1 amide bonds. The second kappa shape index (κ2) is 5.32. The lowest BCUT2D eigenvalue weighted by Crippen LogP contribution is -2.25. The van der Waals surface area contributed by atoms with E-state index in [1.165, 1.54) is 17.0 Å². The maximum Gasteiger partial charge on any atom is 0.573 e. The van der Waals surface area contributed by atoms with Crippen molar-refractivity contribution in [3.63, 3.8) is 0 Å². The van der Waals surface area contributed by atoms with Crippen LogP contribution in [0.15, 0.2) is 42.6 Å². The highest BCUT2D eigenvalue weighted by Gasteiger charge is 2.31. The summed E-state index contributed by atoms with van der Waals surface area (Å²) in [7, 11) is 0. The topological polar surface area (TPSA) is 42.4 Å². The predicted octanol–water partition coefficient (Wildman–Crippen LogP) is 3.14. The van der Waals surface area contributed by atoms with Crippen molar-refractivity contribution in [3.05, 3.63) is 59.4 Å². The fourth-order valence-electron chi connectivity index (χ4n) is 2.35. The Morgan fingerprint density at radius 1 is 1.18 bits per heavy atom. The standard InChI is InChI=1S/C15H11F3N2O2/c16-15(17,18)22-12-5-1-3-10(7-12)14(21)20-8-11-4-2-6-19-13(11)9-20/h1-7H,8-9H2. The number of nitrogens with zero attached hydrogens (tertiary/aromatic N) is 2. The zero-order valence-electron chi connectivity index (χ0n) is 11.3. The third-order valence-corrected chi connectivity index (χ3v) is 3.29. The molecule has 7 heteroatoms. The minimum atomic E-state index is -4.78. The molecule has 2 heterocycles. The molecule has 0 atom stereocenters. The van der Waals surface area contributed by atoms with Gasteiger partial charge in [-0.15, -0.1) is 13.2 Å². The van der Waals surface area contributed by atoms with E-state index in [4.69, 9.17) is 0 Å². The molecule has 22 heavy (non-hydrogen) atoms. The molecule has 1 aliphatic rings. The van der Waals surface area contributed by atoms with Crippen molar-refractivity contribution in [2.24, 2.45) is 0 Å². The number of alkyl halides is 3. The van der Waals surface area contributed by atoms with Gasteiger partial charge in [0.15, 0.2) is 0 Å². The van der Waals surface area contributed by atoms with Gasteiger partial charge in [0.1, 0.15) is 5.75 Å². The lowest BCUT2D eigenvalue weighted by atomic mass is 10.2. The van der Waals surface area contributed by atoms with Crippen LogP contribution in [0, 0.1) is 0 Å². The number of fused-ring (bicyclic) bond motifs is 1. The molecule has 1 aromatic heterocycles. The summed E-state index contributed by atoms with van der Waals surface area (Å²) in [6, 6.07) is 8.72. The highest BCUT2D eigenvalue weighted by atomic mass is 19.4. The van der Waals surface area contributed by atoms with E-state index in [9.17, 15) is 18.0 Å². The number of amides is 1. The van der Waals surface area contributed by atoms with Gasteiger partial charge in [0.05, 0.1) is 12.2 Å². The van der Waals surface area contributed by atoms with E-state index in [-0.39, 0.29) is 11.5 Å². The van der Waals surface area contributed by atoms with E-state index in [0.717, 1.165) is 23.4 Å². The van der Waals surface area contributed by atoms with Crippen molar-refractivity contribution >= 4 is 5.91 Å². The van der Waals surface area contributed by atoms with Crippen molar-refractivity contribution in [2.45, 2.75) is 19.5 Å². The Labute approximate surface area is 124 Å². The summed E-state index contributed by atoms with van der Waals surface area (Å²) < 4.78 is 40.5. The minimum absolute atomic E-state index is 0.148. The zero-order valence-corrected chi connectivity index (χ0v) is 11.3. The van der Waals surface area contributed by atoms with Crippen LogP contribution < -0.4 is 4.74 Å². The third kappa shape index (κ3) is 3.03. The summed E-state index contributed by atoms with van der Waals surface area (Å²) in [6.45, 7) is 0.742. The van der Waals surface area contributed by atoms with E-state index in [1.807, 2.05) is 6.07 Å². The molecule has 0 radical (unpaired) electrons. The first-order valence-electron chi connectivity index (χ1n) is 6.50. The van der Waals surface area contributed by atoms with Crippen molar-refractivity contribution < 1.29 is 22.7 Å². The SMILES string of the molecule is O=C(c1cccc(OC(F)(F)F)c1)N1Cc2cccnc2C1. The Kier molecular flexibility index (Phi) is 3.48. The van der Waals surface area contributed by atoms with E-state index >= 15 is 0 Å². The second-order valence-corrected chi connectivity index (χ2v) is 4.85. The number of hydrogen-bond acceptors (Lipinski definition) is 3.